The van der Waals surface area contributed by atoms with Crippen molar-refractivity contribution in [1.29, 1.82) is 0 Å². The summed E-state index contributed by atoms with van der Waals surface area (Å²) in [5.41, 5.74) is 2.30. The number of fused-ring (bicyclic) bond motifs is 1. The van der Waals surface area contributed by atoms with Gasteiger partial charge in [0, 0.05) is 18.9 Å². The van der Waals surface area contributed by atoms with Gasteiger partial charge in [0.2, 0.25) is 11.8 Å². The first-order valence-corrected chi connectivity index (χ1v) is 9.76. The Morgan fingerprint density at radius 1 is 1.11 bits per heavy atom. The minimum absolute atomic E-state index is 0.110. The van der Waals surface area contributed by atoms with E-state index in [1.807, 2.05) is 41.0 Å². The molecule has 28 heavy (non-hydrogen) atoms. The summed E-state index contributed by atoms with van der Waals surface area (Å²) in [6.07, 6.45) is 2.52. The molecule has 1 aliphatic rings. The number of hydrogen-bond acceptors (Lipinski definition) is 3. The number of benzene rings is 2. The Bertz CT molecular complexity index is 1030. The van der Waals surface area contributed by atoms with Gasteiger partial charge in [-0.3, -0.25) is 9.59 Å². The number of para-hydroxylation sites is 3. The first kappa shape index (κ1) is 18.5. The second-order valence-corrected chi connectivity index (χ2v) is 7.35. The van der Waals surface area contributed by atoms with E-state index in [2.05, 4.69) is 15.6 Å². The van der Waals surface area contributed by atoms with E-state index >= 15 is 0 Å². The number of rotatable bonds is 7. The third-order valence-electron chi connectivity index (χ3n) is 4.78. The van der Waals surface area contributed by atoms with E-state index in [-0.39, 0.29) is 24.3 Å². The topological polar surface area (TPSA) is 76.0 Å². The number of halogens is 1. The summed E-state index contributed by atoms with van der Waals surface area (Å²) in [6, 6.07) is 14.8. The van der Waals surface area contributed by atoms with Crippen LogP contribution in [0.5, 0.6) is 0 Å². The van der Waals surface area contributed by atoms with E-state index in [1.165, 1.54) is 0 Å². The first-order chi connectivity index (χ1) is 13.6. The van der Waals surface area contributed by atoms with Crippen molar-refractivity contribution in [2.75, 3.05) is 11.9 Å². The molecular formula is C21H21ClN4O2. The zero-order valence-corrected chi connectivity index (χ0v) is 16.1. The van der Waals surface area contributed by atoms with Crippen LogP contribution in [0.2, 0.25) is 5.02 Å². The minimum Gasteiger partial charge on any atom is -0.355 e. The molecule has 4 rings (SSSR count). The summed E-state index contributed by atoms with van der Waals surface area (Å²) in [6.45, 7) is 0.627. The van der Waals surface area contributed by atoms with Gasteiger partial charge in [-0.05, 0) is 37.1 Å². The van der Waals surface area contributed by atoms with E-state index in [1.54, 1.807) is 12.1 Å². The Balaban J connectivity index is 1.50. The number of imidazole rings is 1. The average Bonchev–Trinajstić information content (AvgIpc) is 3.48. The van der Waals surface area contributed by atoms with Gasteiger partial charge in [-0.15, -0.1) is 0 Å². The van der Waals surface area contributed by atoms with Crippen molar-refractivity contribution in [3.8, 4) is 0 Å². The molecule has 0 unspecified atom stereocenters. The normalized spacial score (nSPS) is 13.5. The van der Waals surface area contributed by atoms with Crippen LogP contribution in [0, 0.1) is 5.92 Å². The number of carbonyl (C=O) groups excluding carboxylic acids is 2. The quantitative estimate of drug-likeness (QED) is 0.642. The predicted octanol–water partition coefficient (Wildman–Crippen LogP) is 3.40. The number of aromatic nitrogens is 2. The van der Waals surface area contributed by atoms with Crippen LogP contribution in [0.4, 0.5) is 5.69 Å². The van der Waals surface area contributed by atoms with E-state index in [0.29, 0.717) is 23.7 Å². The Morgan fingerprint density at radius 2 is 1.86 bits per heavy atom. The van der Waals surface area contributed by atoms with E-state index < -0.39 is 0 Å². The molecular weight excluding hydrogens is 376 g/mol. The molecule has 144 valence electrons. The molecule has 2 aromatic carbocycles. The van der Waals surface area contributed by atoms with Crippen molar-refractivity contribution in [3.05, 3.63) is 59.4 Å². The SMILES string of the molecule is O=C(Cn1c(CCNC(=O)C2CC2)nc2ccccc21)Nc1ccccc1Cl. The minimum atomic E-state index is -0.181. The molecule has 0 spiro atoms. The maximum atomic E-state index is 12.6. The molecule has 3 aromatic rings. The molecule has 2 N–H and O–H groups in total. The zero-order valence-electron chi connectivity index (χ0n) is 15.3. The van der Waals surface area contributed by atoms with Crippen molar-refractivity contribution in [3.63, 3.8) is 0 Å². The van der Waals surface area contributed by atoms with Crippen LogP contribution >= 0.6 is 11.6 Å². The van der Waals surface area contributed by atoms with Gasteiger partial charge in [-0.1, -0.05) is 35.9 Å². The van der Waals surface area contributed by atoms with E-state index in [9.17, 15) is 9.59 Å². The molecule has 1 aliphatic carbocycles. The summed E-state index contributed by atoms with van der Waals surface area (Å²) in [4.78, 5) is 29.1. The smallest absolute Gasteiger partial charge is 0.244 e. The Morgan fingerprint density at radius 3 is 2.64 bits per heavy atom. The lowest BCUT2D eigenvalue weighted by Gasteiger charge is -2.11. The van der Waals surface area contributed by atoms with E-state index in [0.717, 1.165) is 29.7 Å². The fraction of sp³-hybridized carbons (Fsp3) is 0.286. The highest BCUT2D eigenvalue weighted by molar-refractivity contribution is 6.33. The van der Waals surface area contributed by atoms with E-state index in [4.69, 9.17) is 11.6 Å². The van der Waals surface area contributed by atoms with Crippen molar-refractivity contribution >= 4 is 40.1 Å². The van der Waals surface area contributed by atoms with Crippen LogP contribution in [0.15, 0.2) is 48.5 Å². The van der Waals surface area contributed by atoms with Crippen LogP contribution in [-0.2, 0) is 22.6 Å². The first-order valence-electron chi connectivity index (χ1n) is 9.38. The van der Waals surface area contributed by atoms with Crippen LogP contribution in [0.25, 0.3) is 11.0 Å². The Kier molecular flexibility index (Phi) is 5.30. The van der Waals surface area contributed by atoms with Crippen molar-refractivity contribution in [1.82, 2.24) is 14.9 Å². The van der Waals surface area contributed by atoms with Crippen molar-refractivity contribution in [2.45, 2.75) is 25.8 Å². The van der Waals surface area contributed by atoms with Gasteiger partial charge in [0.15, 0.2) is 0 Å². The number of anilines is 1. The maximum absolute atomic E-state index is 12.6. The molecule has 1 heterocycles. The van der Waals surface area contributed by atoms with Gasteiger partial charge in [-0.2, -0.15) is 0 Å². The highest BCUT2D eigenvalue weighted by Crippen LogP contribution is 2.28. The third kappa shape index (κ3) is 4.17. The molecule has 2 amide bonds. The summed E-state index contributed by atoms with van der Waals surface area (Å²) < 4.78 is 1.89. The summed E-state index contributed by atoms with van der Waals surface area (Å²) in [7, 11) is 0. The molecule has 0 atom stereocenters. The van der Waals surface area contributed by atoms with Crippen molar-refractivity contribution < 1.29 is 9.59 Å². The predicted molar refractivity (Wildman–Crippen MR) is 109 cm³/mol. The maximum Gasteiger partial charge on any atom is 0.244 e. The highest BCUT2D eigenvalue weighted by Gasteiger charge is 2.29. The fourth-order valence-corrected chi connectivity index (χ4v) is 3.36. The molecule has 0 aliphatic heterocycles. The number of carbonyl (C=O) groups is 2. The Labute approximate surface area is 167 Å². The molecule has 0 bridgehead atoms. The largest absolute Gasteiger partial charge is 0.355 e. The highest BCUT2D eigenvalue weighted by atomic mass is 35.5. The molecule has 1 aromatic heterocycles. The molecule has 1 fully saturated rings. The number of nitrogens with zero attached hydrogens (tertiary/aromatic N) is 2. The van der Waals surface area contributed by atoms with Crippen molar-refractivity contribution in [2.24, 2.45) is 5.92 Å². The van der Waals surface area contributed by atoms with Gasteiger partial charge < -0.3 is 15.2 Å². The lowest BCUT2D eigenvalue weighted by Crippen LogP contribution is -2.28. The van der Waals surface area contributed by atoms with Gasteiger partial charge in [0.25, 0.3) is 0 Å². The summed E-state index contributed by atoms with van der Waals surface area (Å²) in [5.74, 6) is 0.880. The lowest BCUT2D eigenvalue weighted by atomic mass is 10.3. The average molecular weight is 397 g/mol. The van der Waals surface area contributed by atoms with Gasteiger partial charge >= 0.3 is 0 Å². The fourth-order valence-electron chi connectivity index (χ4n) is 3.18. The van der Waals surface area contributed by atoms with Crippen LogP contribution in [0.3, 0.4) is 0 Å². The number of amides is 2. The van der Waals surface area contributed by atoms with Gasteiger partial charge in [-0.25, -0.2) is 4.98 Å². The second-order valence-electron chi connectivity index (χ2n) is 6.95. The van der Waals surface area contributed by atoms with Gasteiger partial charge in [0.05, 0.1) is 21.7 Å². The molecule has 1 saturated carbocycles. The molecule has 0 saturated heterocycles. The summed E-state index contributed by atoms with van der Waals surface area (Å²) in [5, 5.41) is 6.30. The zero-order chi connectivity index (χ0) is 19.5. The standard InChI is InChI=1S/C21H21ClN4O2/c22-15-5-1-2-6-16(15)25-20(27)13-26-18-8-4-3-7-17(18)24-19(26)11-12-23-21(28)14-9-10-14/h1-8,14H,9-13H2,(H,23,28)(H,25,27). The number of nitrogens with one attached hydrogen (secondary N) is 2. The summed E-state index contributed by atoms with van der Waals surface area (Å²) >= 11 is 6.13. The van der Waals surface area contributed by atoms with Gasteiger partial charge in [0.1, 0.15) is 12.4 Å². The molecule has 0 radical (unpaired) electrons. The number of hydrogen-bond donors (Lipinski definition) is 2. The molecule has 6 nitrogen and oxygen atoms in total. The van der Waals surface area contributed by atoms with Crippen LogP contribution < -0.4 is 10.6 Å². The second kappa shape index (κ2) is 8.02. The third-order valence-corrected chi connectivity index (χ3v) is 5.11. The Hall–Kier alpha value is -2.86. The van der Waals surface area contributed by atoms with Crippen LogP contribution in [0.1, 0.15) is 18.7 Å². The monoisotopic (exact) mass is 396 g/mol. The lowest BCUT2D eigenvalue weighted by molar-refractivity contribution is -0.122. The van der Waals surface area contributed by atoms with Crippen LogP contribution in [-0.4, -0.2) is 27.9 Å². The molecule has 7 heteroatoms.